The summed E-state index contributed by atoms with van der Waals surface area (Å²) in [5, 5.41) is 7.93. The number of ether oxygens (including phenoxy) is 2. The van der Waals surface area contributed by atoms with Crippen molar-refractivity contribution in [2.24, 2.45) is 4.99 Å². The van der Waals surface area contributed by atoms with Gasteiger partial charge in [0.05, 0.1) is 13.5 Å². The molecule has 0 saturated carbocycles. The first-order valence-electron chi connectivity index (χ1n) is 8.18. The van der Waals surface area contributed by atoms with Crippen LogP contribution in [-0.4, -0.2) is 34.4 Å². The Labute approximate surface area is 156 Å². The summed E-state index contributed by atoms with van der Waals surface area (Å²) >= 11 is 0. The SMILES string of the molecule is COc1nccc2c1N=C(Cc1nnc(-c3ccc(OC(F)(F)F)cc3)o1)C2. The number of fused-ring (bicyclic) bond motifs is 1. The van der Waals surface area contributed by atoms with Crippen molar-refractivity contribution < 1.29 is 27.1 Å². The molecule has 0 spiro atoms. The van der Waals surface area contributed by atoms with Gasteiger partial charge >= 0.3 is 6.36 Å². The van der Waals surface area contributed by atoms with Gasteiger partial charge in [-0.1, -0.05) is 0 Å². The summed E-state index contributed by atoms with van der Waals surface area (Å²) in [6, 6.07) is 7.07. The number of methoxy groups -OCH3 is 1. The fourth-order valence-electron chi connectivity index (χ4n) is 2.82. The Balaban J connectivity index is 1.47. The number of alkyl halides is 3. The Morgan fingerprint density at radius 1 is 1.11 bits per heavy atom. The maximum absolute atomic E-state index is 12.2. The highest BCUT2D eigenvalue weighted by Crippen LogP contribution is 2.35. The molecule has 0 fully saturated rings. The number of nitrogens with zero attached hydrogens (tertiary/aromatic N) is 4. The molecule has 3 heterocycles. The average Bonchev–Trinajstić information content (AvgIpc) is 3.27. The van der Waals surface area contributed by atoms with Gasteiger partial charge in [0.15, 0.2) is 0 Å². The minimum absolute atomic E-state index is 0.198. The van der Waals surface area contributed by atoms with Gasteiger partial charge in [0.1, 0.15) is 11.4 Å². The zero-order valence-corrected chi connectivity index (χ0v) is 14.5. The molecule has 0 saturated heterocycles. The molecule has 2 aromatic heterocycles. The van der Waals surface area contributed by atoms with E-state index in [1.807, 2.05) is 6.07 Å². The predicted molar refractivity (Wildman–Crippen MR) is 91.7 cm³/mol. The molecule has 3 aromatic rings. The van der Waals surface area contributed by atoms with Crippen LogP contribution >= 0.6 is 0 Å². The lowest BCUT2D eigenvalue weighted by atomic mass is 10.1. The van der Waals surface area contributed by atoms with E-state index in [0.29, 0.717) is 35.9 Å². The predicted octanol–water partition coefficient (Wildman–Crippen LogP) is 3.91. The lowest BCUT2D eigenvalue weighted by molar-refractivity contribution is -0.274. The van der Waals surface area contributed by atoms with Crippen molar-refractivity contribution in [1.29, 1.82) is 0 Å². The van der Waals surface area contributed by atoms with Crippen LogP contribution in [0.1, 0.15) is 11.5 Å². The van der Waals surface area contributed by atoms with Gasteiger partial charge in [-0.15, -0.1) is 23.4 Å². The number of hydrogen-bond donors (Lipinski definition) is 0. The van der Waals surface area contributed by atoms with E-state index in [-0.39, 0.29) is 11.6 Å². The zero-order chi connectivity index (χ0) is 19.7. The fraction of sp³-hybridized carbons (Fsp3) is 0.222. The molecule has 0 radical (unpaired) electrons. The van der Waals surface area contributed by atoms with Crippen LogP contribution in [-0.2, 0) is 12.8 Å². The standard InChI is InChI=1S/C18H13F3N4O3/c1-26-17-15-11(6-7-22-17)8-12(23-15)9-14-24-25-16(27-14)10-2-4-13(5-3-10)28-18(19,20)21/h2-7H,8-9H2,1H3. The summed E-state index contributed by atoms with van der Waals surface area (Å²) in [4.78, 5) is 8.65. The number of pyridine rings is 1. The number of halogens is 3. The lowest BCUT2D eigenvalue weighted by Crippen LogP contribution is -2.16. The number of rotatable bonds is 5. The normalized spacial score (nSPS) is 13.2. The first-order chi connectivity index (χ1) is 13.4. The lowest BCUT2D eigenvalue weighted by Gasteiger charge is -2.08. The summed E-state index contributed by atoms with van der Waals surface area (Å²) < 4.78 is 51.3. The fourth-order valence-corrected chi connectivity index (χ4v) is 2.82. The molecule has 1 aliphatic rings. The summed E-state index contributed by atoms with van der Waals surface area (Å²) in [6.45, 7) is 0. The van der Waals surface area contributed by atoms with E-state index in [2.05, 4.69) is 24.9 Å². The van der Waals surface area contributed by atoms with E-state index in [1.165, 1.54) is 31.4 Å². The quantitative estimate of drug-likeness (QED) is 0.657. The van der Waals surface area contributed by atoms with Crippen molar-refractivity contribution in [3.63, 3.8) is 0 Å². The van der Waals surface area contributed by atoms with Gasteiger partial charge in [-0.25, -0.2) is 4.98 Å². The number of benzene rings is 1. The first kappa shape index (κ1) is 18.0. The number of aliphatic imine (C=N–C) groups is 1. The average molecular weight is 390 g/mol. The van der Waals surface area contributed by atoms with Crippen LogP contribution in [0.3, 0.4) is 0 Å². The Morgan fingerprint density at radius 3 is 2.61 bits per heavy atom. The summed E-state index contributed by atoms with van der Waals surface area (Å²) in [7, 11) is 1.53. The van der Waals surface area contributed by atoms with E-state index in [0.717, 1.165) is 11.3 Å². The molecule has 0 atom stereocenters. The van der Waals surface area contributed by atoms with Crippen LogP contribution in [0.25, 0.3) is 11.5 Å². The van der Waals surface area contributed by atoms with Crippen molar-refractivity contribution in [2.45, 2.75) is 19.2 Å². The Hall–Kier alpha value is -3.43. The molecule has 144 valence electrons. The summed E-state index contributed by atoms with van der Waals surface area (Å²) in [6.07, 6.45) is -2.11. The molecule has 0 aliphatic carbocycles. The van der Waals surface area contributed by atoms with E-state index < -0.39 is 6.36 Å². The van der Waals surface area contributed by atoms with Crippen molar-refractivity contribution in [3.05, 3.63) is 48.0 Å². The first-order valence-corrected chi connectivity index (χ1v) is 8.18. The van der Waals surface area contributed by atoms with Gasteiger partial charge in [-0.3, -0.25) is 4.99 Å². The van der Waals surface area contributed by atoms with Crippen LogP contribution in [0.5, 0.6) is 11.6 Å². The van der Waals surface area contributed by atoms with Crippen molar-refractivity contribution in [1.82, 2.24) is 15.2 Å². The minimum Gasteiger partial charge on any atom is -0.479 e. The summed E-state index contributed by atoms with van der Waals surface area (Å²) in [5.41, 5.74) is 3.00. The van der Waals surface area contributed by atoms with Gasteiger partial charge in [-0.2, -0.15) is 0 Å². The third-order valence-corrected chi connectivity index (χ3v) is 3.99. The van der Waals surface area contributed by atoms with Crippen molar-refractivity contribution >= 4 is 11.4 Å². The highest BCUT2D eigenvalue weighted by Gasteiger charge is 2.31. The van der Waals surface area contributed by atoms with Crippen molar-refractivity contribution in [3.8, 4) is 23.1 Å². The minimum atomic E-state index is -4.74. The molecule has 1 aliphatic heterocycles. The van der Waals surface area contributed by atoms with Crippen molar-refractivity contribution in [2.75, 3.05) is 7.11 Å². The van der Waals surface area contributed by atoms with Crippen LogP contribution in [0, 0.1) is 0 Å². The molecular formula is C18H13F3N4O3. The molecule has 0 unspecified atom stereocenters. The Kier molecular flexibility index (Phi) is 4.46. The van der Waals surface area contributed by atoms with E-state index >= 15 is 0 Å². The molecule has 7 nitrogen and oxygen atoms in total. The molecule has 10 heteroatoms. The third kappa shape index (κ3) is 3.80. The molecule has 0 N–H and O–H groups in total. The number of hydrogen-bond acceptors (Lipinski definition) is 7. The maximum atomic E-state index is 12.2. The molecule has 0 amide bonds. The van der Waals surface area contributed by atoms with Gasteiger partial charge in [-0.05, 0) is 35.9 Å². The Bertz CT molecular complexity index is 1030. The number of aromatic nitrogens is 3. The monoisotopic (exact) mass is 390 g/mol. The van der Waals surface area contributed by atoms with Gasteiger partial charge in [0, 0.05) is 23.9 Å². The topological polar surface area (TPSA) is 82.6 Å². The maximum Gasteiger partial charge on any atom is 0.573 e. The second-order valence-electron chi connectivity index (χ2n) is 5.93. The third-order valence-electron chi connectivity index (χ3n) is 3.99. The van der Waals surface area contributed by atoms with Crippen LogP contribution in [0.15, 0.2) is 45.9 Å². The van der Waals surface area contributed by atoms with Crippen LogP contribution in [0.4, 0.5) is 18.9 Å². The molecule has 28 heavy (non-hydrogen) atoms. The Morgan fingerprint density at radius 2 is 1.89 bits per heavy atom. The highest BCUT2D eigenvalue weighted by atomic mass is 19.4. The smallest absolute Gasteiger partial charge is 0.479 e. The summed E-state index contributed by atoms with van der Waals surface area (Å²) in [5.74, 6) is 0.685. The second-order valence-corrected chi connectivity index (χ2v) is 5.93. The second kappa shape index (κ2) is 6.95. The van der Waals surface area contributed by atoms with E-state index in [4.69, 9.17) is 9.15 Å². The molecule has 4 rings (SSSR count). The molecular weight excluding hydrogens is 377 g/mol. The van der Waals surface area contributed by atoms with Gasteiger partial charge in [0.25, 0.3) is 0 Å². The van der Waals surface area contributed by atoms with Crippen LogP contribution in [0.2, 0.25) is 0 Å². The van der Waals surface area contributed by atoms with E-state index in [1.54, 1.807) is 6.20 Å². The molecule has 0 bridgehead atoms. The van der Waals surface area contributed by atoms with E-state index in [9.17, 15) is 13.2 Å². The zero-order valence-electron chi connectivity index (χ0n) is 14.5. The largest absolute Gasteiger partial charge is 0.573 e. The highest BCUT2D eigenvalue weighted by molar-refractivity contribution is 5.95. The van der Waals surface area contributed by atoms with Gasteiger partial charge in [0.2, 0.25) is 17.7 Å². The molecule has 1 aromatic carbocycles. The van der Waals surface area contributed by atoms with Crippen LogP contribution < -0.4 is 9.47 Å². The van der Waals surface area contributed by atoms with Gasteiger partial charge < -0.3 is 13.9 Å².